The molecule has 1 amide bonds. The number of benzene rings is 2. The maximum atomic E-state index is 12.5. The predicted molar refractivity (Wildman–Crippen MR) is 129 cm³/mol. The van der Waals surface area contributed by atoms with Crippen LogP contribution in [0.2, 0.25) is 0 Å². The Bertz CT molecular complexity index is 1400. The molecule has 1 aromatic heterocycles. The van der Waals surface area contributed by atoms with Crippen LogP contribution in [0.1, 0.15) is 29.8 Å². The first-order valence-corrected chi connectivity index (χ1v) is 12.4. The van der Waals surface area contributed by atoms with E-state index in [0.29, 0.717) is 28.4 Å². The number of hydrogen-bond donors (Lipinski definition) is 1. The number of ether oxygens (including phenoxy) is 2. The quantitative estimate of drug-likeness (QED) is 0.207. The van der Waals surface area contributed by atoms with E-state index in [9.17, 15) is 23.3 Å². The van der Waals surface area contributed by atoms with Gasteiger partial charge in [-0.15, -0.1) is 0 Å². The van der Waals surface area contributed by atoms with Crippen molar-refractivity contribution >= 4 is 44.5 Å². The van der Waals surface area contributed by atoms with E-state index in [1.54, 1.807) is 42.5 Å². The number of nitriles is 1. The zero-order valence-electron chi connectivity index (χ0n) is 18.9. The Hall–Kier alpha value is -4.08. The first kappa shape index (κ1) is 25.5. The highest BCUT2D eigenvalue weighted by molar-refractivity contribution is 7.91. The number of nitrogens with one attached hydrogen (secondary N) is 1. The van der Waals surface area contributed by atoms with Gasteiger partial charge in [0.25, 0.3) is 11.1 Å². The Kier molecular flexibility index (Phi) is 7.95. The van der Waals surface area contributed by atoms with Gasteiger partial charge in [-0.3, -0.25) is 10.1 Å². The summed E-state index contributed by atoms with van der Waals surface area (Å²) in [5, 5.41) is 10.6. The molecule has 0 aliphatic rings. The Balaban J connectivity index is 1.67. The van der Waals surface area contributed by atoms with Crippen molar-refractivity contribution in [2.75, 3.05) is 12.4 Å². The maximum absolute atomic E-state index is 12.5. The molecule has 0 saturated carbocycles. The molecule has 1 heterocycles. The zero-order chi connectivity index (χ0) is 25.6. The van der Waals surface area contributed by atoms with Crippen molar-refractivity contribution in [3.8, 4) is 17.6 Å². The zero-order valence-corrected chi connectivity index (χ0v) is 20.5. The standard InChI is InChI=1S/C23H20N4O6S2/c1-14(2)35(30,31)23-26-22(34-27-23)25-20(28)17(13-24)12-15-4-8-19(9-5-15)33-21(29)16-6-10-18(32-3)11-7-16/h4-12,14H,1-3H3,(H,25,26,27,28). The van der Waals surface area contributed by atoms with Crippen molar-refractivity contribution in [2.24, 2.45) is 0 Å². The molecule has 0 aliphatic carbocycles. The highest BCUT2D eigenvalue weighted by Gasteiger charge is 2.25. The second kappa shape index (κ2) is 10.9. The highest BCUT2D eigenvalue weighted by Crippen LogP contribution is 2.21. The maximum Gasteiger partial charge on any atom is 0.343 e. The second-order valence-electron chi connectivity index (χ2n) is 7.29. The lowest BCUT2D eigenvalue weighted by Crippen LogP contribution is -2.16. The van der Waals surface area contributed by atoms with E-state index < -0.39 is 27.0 Å². The number of carbonyl (C=O) groups excluding carboxylic acids is 2. The van der Waals surface area contributed by atoms with Crippen LogP contribution in [-0.2, 0) is 14.6 Å². The molecule has 1 N–H and O–H groups in total. The van der Waals surface area contributed by atoms with E-state index in [2.05, 4.69) is 14.7 Å². The van der Waals surface area contributed by atoms with Crippen LogP contribution in [0.15, 0.2) is 59.3 Å². The monoisotopic (exact) mass is 512 g/mol. The molecule has 35 heavy (non-hydrogen) atoms. The van der Waals surface area contributed by atoms with Gasteiger partial charge < -0.3 is 9.47 Å². The average Bonchev–Trinajstić information content (AvgIpc) is 3.32. The molecule has 12 heteroatoms. The molecule has 10 nitrogen and oxygen atoms in total. The number of sulfone groups is 1. The summed E-state index contributed by atoms with van der Waals surface area (Å²) in [6.45, 7) is 2.99. The van der Waals surface area contributed by atoms with Crippen LogP contribution < -0.4 is 14.8 Å². The normalized spacial score (nSPS) is 11.6. The lowest BCUT2D eigenvalue weighted by molar-refractivity contribution is -0.112. The largest absolute Gasteiger partial charge is 0.497 e. The molecule has 0 bridgehead atoms. The molecule has 180 valence electrons. The van der Waals surface area contributed by atoms with Crippen molar-refractivity contribution < 1.29 is 27.5 Å². The lowest BCUT2D eigenvalue weighted by atomic mass is 10.1. The van der Waals surface area contributed by atoms with Crippen molar-refractivity contribution in [3.63, 3.8) is 0 Å². The van der Waals surface area contributed by atoms with Crippen LogP contribution in [0.3, 0.4) is 0 Å². The van der Waals surface area contributed by atoms with Gasteiger partial charge in [0.1, 0.15) is 23.1 Å². The van der Waals surface area contributed by atoms with E-state index in [1.807, 2.05) is 0 Å². The van der Waals surface area contributed by atoms with E-state index in [-0.39, 0.29) is 21.6 Å². The molecule has 0 spiro atoms. The van der Waals surface area contributed by atoms with Gasteiger partial charge in [-0.05, 0) is 61.9 Å². The summed E-state index contributed by atoms with van der Waals surface area (Å²) in [4.78, 5) is 28.6. The molecule has 2 aromatic carbocycles. The third kappa shape index (κ3) is 6.28. The minimum absolute atomic E-state index is 0.0452. The Morgan fingerprint density at radius 1 is 1.09 bits per heavy atom. The third-order valence-electron chi connectivity index (χ3n) is 4.60. The van der Waals surface area contributed by atoms with Crippen LogP contribution >= 0.6 is 11.5 Å². The number of esters is 1. The molecular weight excluding hydrogens is 492 g/mol. The molecule has 0 fully saturated rings. The Morgan fingerprint density at radius 2 is 1.71 bits per heavy atom. The molecular formula is C23H20N4O6S2. The summed E-state index contributed by atoms with van der Waals surface area (Å²) < 4.78 is 38.4. The van der Waals surface area contributed by atoms with Crippen LogP contribution in [0, 0.1) is 11.3 Å². The fourth-order valence-corrected chi connectivity index (χ4v) is 4.29. The van der Waals surface area contributed by atoms with Gasteiger partial charge in [0.2, 0.25) is 15.0 Å². The van der Waals surface area contributed by atoms with Crippen LogP contribution in [0.25, 0.3) is 6.08 Å². The van der Waals surface area contributed by atoms with Gasteiger partial charge >= 0.3 is 5.97 Å². The Labute approximate surface area is 205 Å². The number of rotatable bonds is 8. The molecule has 0 saturated heterocycles. The van der Waals surface area contributed by atoms with Crippen molar-refractivity contribution in [1.82, 2.24) is 9.36 Å². The van der Waals surface area contributed by atoms with E-state index >= 15 is 0 Å². The van der Waals surface area contributed by atoms with Crippen LogP contribution in [0.4, 0.5) is 5.13 Å². The topological polar surface area (TPSA) is 148 Å². The van der Waals surface area contributed by atoms with Crippen molar-refractivity contribution in [1.29, 1.82) is 5.26 Å². The van der Waals surface area contributed by atoms with Crippen molar-refractivity contribution in [2.45, 2.75) is 24.3 Å². The molecule has 3 aromatic rings. The SMILES string of the molecule is COc1ccc(C(=O)Oc2ccc(C=C(C#N)C(=O)Nc3nc(S(=O)(=O)C(C)C)ns3)cc2)cc1. The van der Waals surface area contributed by atoms with Gasteiger partial charge in [-0.25, -0.2) is 13.2 Å². The third-order valence-corrected chi connectivity index (χ3v) is 7.27. The summed E-state index contributed by atoms with van der Waals surface area (Å²) in [7, 11) is -2.16. The van der Waals surface area contributed by atoms with E-state index in [1.165, 1.54) is 39.2 Å². The van der Waals surface area contributed by atoms with Crippen LogP contribution in [0.5, 0.6) is 11.5 Å². The summed E-state index contributed by atoms with van der Waals surface area (Å²) in [5.74, 6) is -0.433. The van der Waals surface area contributed by atoms with Gasteiger partial charge in [-0.2, -0.15) is 14.6 Å². The minimum Gasteiger partial charge on any atom is -0.497 e. The van der Waals surface area contributed by atoms with Gasteiger partial charge in [-0.1, -0.05) is 12.1 Å². The van der Waals surface area contributed by atoms with Crippen LogP contribution in [-0.4, -0.2) is 42.0 Å². The average molecular weight is 513 g/mol. The number of carbonyl (C=O) groups is 2. The number of methoxy groups -OCH3 is 1. The van der Waals surface area contributed by atoms with Gasteiger partial charge in [0.05, 0.1) is 17.9 Å². The molecule has 0 atom stereocenters. The number of amides is 1. The molecule has 3 rings (SSSR count). The highest BCUT2D eigenvalue weighted by atomic mass is 32.2. The molecule has 0 unspecified atom stereocenters. The minimum atomic E-state index is -3.68. The molecule has 0 radical (unpaired) electrons. The summed E-state index contributed by atoms with van der Waals surface area (Å²) in [6.07, 6.45) is 1.33. The van der Waals surface area contributed by atoms with E-state index in [0.717, 1.165) is 0 Å². The number of anilines is 1. The first-order valence-electron chi connectivity index (χ1n) is 10.1. The Morgan fingerprint density at radius 3 is 2.29 bits per heavy atom. The second-order valence-corrected chi connectivity index (χ2v) is 10.4. The fraction of sp³-hybridized carbons (Fsp3) is 0.174. The first-order chi connectivity index (χ1) is 16.6. The van der Waals surface area contributed by atoms with Gasteiger partial charge in [0.15, 0.2) is 0 Å². The van der Waals surface area contributed by atoms with E-state index in [4.69, 9.17) is 9.47 Å². The number of nitrogens with zero attached hydrogens (tertiary/aromatic N) is 3. The predicted octanol–water partition coefficient (Wildman–Crippen LogP) is 3.49. The molecule has 0 aliphatic heterocycles. The lowest BCUT2D eigenvalue weighted by Gasteiger charge is -2.06. The van der Waals surface area contributed by atoms with Gasteiger partial charge in [0, 0.05) is 11.5 Å². The fourth-order valence-electron chi connectivity index (χ4n) is 2.59. The summed E-state index contributed by atoms with van der Waals surface area (Å²) >= 11 is 0.700. The van der Waals surface area contributed by atoms with Crippen molar-refractivity contribution in [3.05, 3.63) is 65.2 Å². The number of hydrogen-bond acceptors (Lipinski definition) is 10. The number of aromatic nitrogens is 2. The summed E-state index contributed by atoms with van der Waals surface area (Å²) in [5.41, 5.74) is 0.608. The summed E-state index contributed by atoms with van der Waals surface area (Å²) in [6, 6.07) is 14.4. The smallest absolute Gasteiger partial charge is 0.343 e.